The highest BCUT2D eigenvalue weighted by Gasteiger charge is 2.38. The third kappa shape index (κ3) is 2.65. The van der Waals surface area contributed by atoms with E-state index in [2.05, 4.69) is 115 Å². The number of benzene rings is 4. The first-order chi connectivity index (χ1) is 15.2. The Balaban J connectivity index is 1.74. The van der Waals surface area contributed by atoms with E-state index in [1.807, 2.05) is 12.4 Å². The molecular weight excluding hydrogens is 377 g/mol. The van der Waals surface area contributed by atoms with Crippen LogP contribution in [-0.4, -0.2) is 19.9 Å². The molecule has 1 aromatic heterocycles. The van der Waals surface area contributed by atoms with Gasteiger partial charge in [-0.25, -0.2) is 0 Å². The number of fused-ring (bicyclic) bond motifs is 6. The van der Waals surface area contributed by atoms with Gasteiger partial charge in [-0.15, -0.1) is 0 Å². The molecule has 0 fully saturated rings. The molecule has 4 heteroatoms. The molecule has 0 aliphatic carbocycles. The van der Waals surface area contributed by atoms with Gasteiger partial charge >= 0.3 is 0 Å². The number of pyridine rings is 1. The third-order valence-electron chi connectivity index (χ3n) is 6.39. The average Bonchev–Trinajstić information content (AvgIpc) is 3.14. The van der Waals surface area contributed by atoms with Gasteiger partial charge in [-0.05, 0) is 34.5 Å². The molecule has 0 spiro atoms. The normalized spacial score (nSPS) is 15.6. The Kier molecular flexibility index (Phi) is 4.00. The maximum absolute atomic E-state index is 4.52. The highest BCUT2D eigenvalue weighted by molar-refractivity contribution is 6.32. The molecule has 2 heterocycles. The minimum atomic E-state index is 0.0631. The predicted molar refractivity (Wildman–Crippen MR) is 134 cm³/mol. The smallest absolute Gasteiger partial charge is 0.139 e. The largest absolute Gasteiger partial charge is 0.348 e. The first-order valence-corrected chi connectivity index (χ1v) is 10.7. The molecule has 148 valence electrons. The predicted octanol–water partition coefficient (Wildman–Crippen LogP) is 4.93. The van der Waals surface area contributed by atoms with Crippen LogP contribution in [0, 0.1) is 0 Å². The van der Waals surface area contributed by atoms with E-state index in [1.165, 1.54) is 49.6 Å². The minimum absolute atomic E-state index is 0.0631. The van der Waals surface area contributed by atoms with Gasteiger partial charge in [-0.3, -0.25) is 4.98 Å². The molecule has 4 aromatic carbocycles. The fourth-order valence-corrected chi connectivity index (χ4v) is 4.99. The Bertz CT molecular complexity index is 1410. The number of anilines is 3. The van der Waals surface area contributed by atoms with E-state index in [1.54, 1.807) is 0 Å². The minimum Gasteiger partial charge on any atom is -0.348 e. The number of hydrogen-bond acceptors (Lipinski definition) is 3. The van der Waals surface area contributed by atoms with Crippen molar-refractivity contribution in [1.29, 1.82) is 0 Å². The van der Waals surface area contributed by atoms with Crippen LogP contribution in [0.5, 0.6) is 0 Å². The van der Waals surface area contributed by atoms with E-state index in [0.717, 1.165) is 0 Å². The quantitative estimate of drug-likeness (QED) is 0.310. The summed E-state index contributed by atoms with van der Waals surface area (Å²) in [4.78, 5) is 9.41. The van der Waals surface area contributed by atoms with Crippen LogP contribution in [0.4, 0.5) is 17.1 Å². The lowest BCUT2D eigenvalue weighted by Gasteiger charge is -2.31. The van der Waals surface area contributed by atoms with Crippen molar-refractivity contribution in [2.45, 2.75) is 6.17 Å². The highest BCUT2D eigenvalue weighted by Crippen LogP contribution is 2.55. The summed E-state index contributed by atoms with van der Waals surface area (Å²) in [5.74, 6) is 0. The second-order valence-corrected chi connectivity index (χ2v) is 8.26. The Morgan fingerprint density at radius 2 is 1.39 bits per heavy atom. The Hall–Kier alpha value is -3.79. The van der Waals surface area contributed by atoms with Crippen molar-refractivity contribution in [2.75, 3.05) is 16.8 Å². The molecular formula is C27H22BN3. The molecule has 0 bridgehead atoms. The second kappa shape index (κ2) is 6.88. The van der Waals surface area contributed by atoms with Gasteiger partial charge < -0.3 is 9.80 Å². The molecule has 0 amide bonds. The van der Waals surface area contributed by atoms with E-state index >= 15 is 0 Å². The number of rotatable bonds is 2. The molecule has 3 nitrogen and oxygen atoms in total. The van der Waals surface area contributed by atoms with E-state index < -0.39 is 0 Å². The molecule has 0 saturated heterocycles. The summed E-state index contributed by atoms with van der Waals surface area (Å²) in [5, 5.41) is 4.96. The van der Waals surface area contributed by atoms with Crippen molar-refractivity contribution in [1.82, 2.24) is 4.98 Å². The summed E-state index contributed by atoms with van der Waals surface area (Å²) in [6.07, 6.45) is 3.97. The summed E-state index contributed by atoms with van der Waals surface area (Å²) in [6, 6.07) is 30.5. The van der Waals surface area contributed by atoms with Crippen LogP contribution in [0.15, 0.2) is 97.3 Å². The number of nitrogens with zero attached hydrogens (tertiary/aromatic N) is 3. The molecule has 0 saturated carbocycles. The second-order valence-electron chi connectivity index (χ2n) is 8.26. The molecule has 31 heavy (non-hydrogen) atoms. The van der Waals surface area contributed by atoms with Crippen LogP contribution < -0.4 is 15.3 Å². The summed E-state index contributed by atoms with van der Waals surface area (Å²) in [6.45, 7) is 0. The zero-order valence-electron chi connectivity index (χ0n) is 17.7. The van der Waals surface area contributed by atoms with Crippen LogP contribution in [0.2, 0.25) is 0 Å². The van der Waals surface area contributed by atoms with Crippen molar-refractivity contribution < 1.29 is 0 Å². The van der Waals surface area contributed by atoms with Gasteiger partial charge in [0.05, 0.1) is 11.4 Å². The summed E-state index contributed by atoms with van der Waals surface area (Å²) in [7, 11) is 4.34. The lowest BCUT2D eigenvalue weighted by atomic mass is 9.96. The molecule has 1 atom stereocenters. The fourth-order valence-electron chi connectivity index (χ4n) is 4.99. The number of aromatic nitrogens is 1. The highest BCUT2D eigenvalue weighted by atomic mass is 15.4. The zero-order chi connectivity index (χ0) is 20.9. The molecule has 0 N–H and O–H groups in total. The SMILES string of the molecule is Bc1ccc(N2c3c(c4ccccc4c4ccncc34)N(C)C2c2ccccc2)cc1. The van der Waals surface area contributed by atoms with E-state index in [0.29, 0.717) is 0 Å². The molecule has 1 aliphatic rings. The van der Waals surface area contributed by atoms with E-state index in [-0.39, 0.29) is 6.17 Å². The average molecular weight is 399 g/mol. The maximum atomic E-state index is 4.52. The van der Waals surface area contributed by atoms with Gasteiger partial charge in [-0.1, -0.05) is 72.2 Å². The molecule has 0 radical (unpaired) electrons. The molecule has 6 rings (SSSR count). The fraction of sp³-hybridized carbons (Fsp3) is 0.0741. The first-order valence-electron chi connectivity index (χ1n) is 10.7. The van der Waals surface area contributed by atoms with E-state index in [9.17, 15) is 0 Å². The molecule has 1 aliphatic heterocycles. The van der Waals surface area contributed by atoms with Crippen LogP contribution >= 0.6 is 0 Å². The molecule has 1 unspecified atom stereocenters. The lowest BCUT2D eigenvalue weighted by Crippen LogP contribution is -2.30. The van der Waals surface area contributed by atoms with Gasteiger partial charge in [0.2, 0.25) is 0 Å². The number of hydrogen-bond donors (Lipinski definition) is 0. The standard InChI is InChI=1S/C27H22BN3/c1-30-25-23-10-6-5-9-21(23)22-15-16-29-17-24(22)26(25)31(20-13-11-19(28)12-14-20)27(30)18-7-3-2-4-8-18/h2-17,27H,28H2,1H3. The van der Waals surface area contributed by atoms with Crippen LogP contribution in [0.3, 0.4) is 0 Å². The Morgan fingerprint density at radius 3 is 2.16 bits per heavy atom. The monoisotopic (exact) mass is 399 g/mol. The van der Waals surface area contributed by atoms with Gasteiger partial charge in [0, 0.05) is 35.9 Å². The van der Waals surface area contributed by atoms with Crippen molar-refractivity contribution in [3.63, 3.8) is 0 Å². The zero-order valence-corrected chi connectivity index (χ0v) is 17.7. The van der Waals surface area contributed by atoms with Crippen molar-refractivity contribution in [3.05, 3.63) is 103 Å². The van der Waals surface area contributed by atoms with E-state index in [4.69, 9.17) is 0 Å². The first kappa shape index (κ1) is 18.0. The summed E-state index contributed by atoms with van der Waals surface area (Å²) < 4.78 is 0. The van der Waals surface area contributed by atoms with Crippen LogP contribution in [0.1, 0.15) is 11.7 Å². The van der Waals surface area contributed by atoms with Crippen LogP contribution in [0.25, 0.3) is 21.5 Å². The van der Waals surface area contributed by atoms with Gasteiger partial charge in [0.1, 0.15) is 14.0 Å². The Labute approximate surface area is 183 Å². The Morgan fingerprint density at radius 1 is 0.710 bits per heavy atom. The maximum Gasteiger partial charge on any atom is 0.139 e. The lowest BCUT2D eigenvalue weighted by molar-refractivity contribution is 0.720. The third-order valence-corrected chi connectivity index (χ3v) is 6.39. The van der Waals surface area contributed by atoms with Crippen molar-refractivity contribution in [2.24, 2.45) is 0 Å². The molecule has 5 aromatic rings. The summed E-state index contributed by atoms with van der Waals surface area (Å²) in [5.41, 5.74) is 6.19. The van der Waals surface area contributed by atoms with Gasteiger partial charge in [-0.2, -0.15) is 0 Å². The topological polar surface area (TPSA) is 19.4 Å². The van der Waals surface area contributed by atoms with Crippen LogP contribution in [-0.2, 0) is 0 Å². The van der Waals surface area contributed by atoms with Gasteiger partial charge in [0.25, 0.3) is 0 Å². The van der Waals surface area contributed by atoms with Gasteiger partial charge in [0.15, 0.2) is 0 Å². The van der Waals surface area contributed by atoms with Crippen molar-refractivity contribution in [3.8, 4) is 0 Å². The van der Waals surface area contributed by atoms with Crippen molar-refractivity contribution >= 4 is 51.9 Å². The summed E-state index contributed by atoms with van der Waals surface area (Å²) >= 11 is 0.